The summed E-state index contributed by atoms with van der Waals surface area (Å²) in [6, 6.07) is 7.82. The highest BCUT2D eigenvalue weighted by Crippen LogP contribution is 2.26. The van der Waals surface area contributed by atoms with Crippen LogP contribution in [-0.2, 0) is 16.4 Å². The molecule has 2 N–H and O–H groups in total. The quantitative estimate of drug-likeness (QED) is 0.847. The summed E-state index contributed by atoms with van der Waals surface area (Å²) in [5.41, 5.74) is 2.14. The predicted molar refractivity (Wildman–Crippen MR) is 85.1 cm³/mol. The lowest BCUT2D eigenvalue weighted by Gasteiger charge is -2.18. The van der Waals surface area contributed by atoms with Gasteiger partial charge in [-0.25, -0.2) is 13.1 Å². The Kier molecular flexibility index (Phi) is 5.19. The fourth-order valence-corrected chi connectivity index (χ4v) is 3.79. The first-order chi connectivity index (χ1) is 9.88. The Morgan fingerprint density at radius 1 is 1.24 bits per heavy atom. The highest BCUT2D eigenvalue weighted by molar-refractivity contribution is 7.93. The number of aryl methyl sites for hydroxylation is 1. The van der Waals surface area contributed by atoms with E-state index >= 15 is 0 Å². The maximum absolute atomic E-state index is 12.3. The van der Waals surface area contributed by atoms with E-state index in [2.05, 4.69) is 4.72 Å². The molecule has 116 valence electrons. The molecule has 1 atom stereocenters. The van der Waals surface area contributed by atoms with E-state index in [0.29, 0.717) is 23.7 Å². The third-order valence-electron chi connectivity index (χ3n) is 3.61. The van der Waals surface area contributed by atoms with Gasteiger partial charge in [-0.05, 0) is 42.4 Å². The van der Waals surface area contributed by atoms with Gasteiger partial charge in [0.2, 0.25) is 10.0 Å². The van der Waals surface area contributed by atoms with Gasteiger partial charge >= 0.3 is 0 Å². The molecular formula is C16H23NO3S. The van der Waals surface area contributed by atoms with Gasteiger partial charge in [0.1, 0.15) is 0 Å². The van der Waals surface area contributed by atoms with Crippen LogP contribution in [-0.4, -0.2) is 26.2 Å². The van der Waals surface area contributed by atoms with Crippen LogP contribution in [0, 0.1) is 5.92 Å². The maximum atomic E-state index is 12.3. The predicted octanol–water partition coefficient (Wildman–Crippen LogP) is 2.30. The van der Waals surface area contributed by atoms with Crippen molar-refractivity contribution in [3.05, 3.63) is 40.3 Å². The summed E-state index contributed by atoms with van der Waals surface area (Å²) in [5.74, 6) is 0.338. The molecule has 0 fully saturated rings. The highest BCUT2D eigenvalue weighted by Gasteiger charge is 2.22. The van der Waals surface area contributed by atoms with Crippen LogP contribution in [0.25, 0.3) is 6.08 Å². The van der Waals surface area contributed by atoms with Crippen LogP contribution in [0.2, 0.25) is 0 Å². The fourth-order valence-electron chi connectivity index (χ4n) is 2.54. The van der Waals surface area contributed by atoms with Gasteiger partial charge in [0.25, 0.3) is 0 Å². The van der Waals surface area contributed by atoms with Gasteiger partial charge in [-0.2, -0.15) is 0 Å². The lowest BCUT2D eigenvalue weighted by atomic mass is 9.98. The number of nitrogens with one attached hydrogen (secondary N) is 1. The number of benzene rings is 1. The Labute approximate surface area is 126 Å². The minimum atomic E-state index is -3.51. The number of hydrogen-bond acceptors (Lipinski definition) is 3. The molecule has 0 saturated heterocycles. The third kappa shape index (κ3) is 4.40. The molecule has 5 heteroatoms. The largest absolute Gasteiger partial charge is 0.392 e. The van der Waals surface area contributed by atoms with E-state index < -0.39 is 16.1 Å². The molecular weight excluding hydrogens is 286 g/mol. The Morgan fingerprint density at radius 2 is 1.95 bits per heavy atom. The Hall–Kier alpha value is -1.17. The molecule has 0 heterocycles. The van der Waals surface area contributed by atoms with Gasteiger partial charge in [0.15, 0.2) is 0 Å². The molecule has 4 nitrogen and oxygen atoms in total. The van der Waals surface area contributed by atoms with Crippen molar-refractivity contribution in [1.29, 1.82) is 0 Å². The third-order valence-corrected chi connectivity index (χ3v) is 5.17. The van der Waals surface area contributed by atoms with Crippen LogP contribution in [0.5, 0.6) is 0 Å². The minimum Gasteiger partial charge on any atom is -0.392 e. The summed E-state index contributed by atoms with van der Waals surface area (Å²) < 4.78 is 27.1. The fraction of sp³-hybridized carbons (Fsp3) is 0.500. The minimum absolute atomic E-state index is 0.0689. The molecule has 0 radical (unpaired) electrons. The molecule has 21 heavy (non-hydrogen) atoms. The zero-order valence-electron chi connectivity index (χ0n) is 12.5. The molecule has 2 rings (SSSR count). The van der Waals surface area contributed by atoms with Crippen LogP contribution in [0.4, 0.5) is 0 Å². The lowest BCUT2D eigenvalue weighted by molar-refractivity contribution is 0.152. The number of aliphatic hydroxyl groups excluding tert-OH is 1. The molecule has 0 aliphatic heterocycles. The summed E-state index contributed by atoms with van der Waals surface area (Å²) in [5, 5.41) is 9.79. The van der Waals surface area contributed by atoms with Crippen LogP contribution in [0.15, 0.2) is 29.2 Å². The van der Waals surface area contributed by atoms with Crippen LogP contribution >= 0.6 is 0 Å². The normalized spacial score (nSPS) is 16.5. The molecule has 1 aliphatic rings. The zero-order chi connectivity index (χ0) is 15.5. The van der Waals surface area contributed by atoms with Crippen molar-refractivity contribution in [3.63, 3.8) is 0 Å². The van der Waals surface area contributed by atoms with E-state index in [1.165, 1.54) is 5.56 Å². The maximum Gasteiger partial charge on any atom is 0.236 e. The molecule has 1 aromatic rings. The lowest BCUT2D eigenvalue weighted by Crippen LogP contribution is -2.34. The van der Waals surface area contributed by atoms with E-state index in [4.69, 9.17) is 0 Å². The van der Waals surface area contributed by atoms with Crippen molar-refractivity contribution in [1.82, 2.24) is 4.72 Å². The first-order valence-corrected chi connectivity index (χ1v) is 8.83. The number of sulfonamides is 1. The van der Waals surface area contributed by atoms with Crippen LogP contribution < -0.4 is 4.72 Å². The molecule has 0 spiro atoms. The van der Waals surface area contributed by atoms with Crippen molar-refractivity contribution >= 4 is 16.1 Å². The standard InChI is InChI=1S/C16H23NO3S/c1-12(2)9-15(18)11-17-21(19,20)16-8-7-13-5-3-4-6-14(13)10-16/h3-6,10,12,15,17-18H,7-9,11H2,1-2H3. The highest BCUT2D eigenvalue weighted by atomic mass is 32.2. The molecule has 1 aromatic carbocycles. The Balaban J connectivity index is 2.06. The molecule has 0 aromatic heterocycles. The SMILES string of the molecule is CC(C)CC(O)CNS(=O)(=O)C1=Cc2ccccc2CC1. The van der Waals surface area contributed by atoms with Gasteiger partial charge in [-0.1, -0.05) is 38.1 Å². The second-order valence-corrected chi connectivity index (χ2v) is 7.76. The van der Waals surface area contributed by atoms with Crippen molar-refractivity contribution in [2.24, 2.45) is 5.92 Å². The van der Waals surface area contributed by atoms with Gasteiger partial charge in [-0.15, -0.1) is 0 Å². The van der Waals surface area contributed by atoms with Crippen molar-refractivity contribution in [2.45, 2.75) is 39.2 Å². The Bertz CT molecular complexity index is 620. The first-order valence-electron chi connectivity index (χ1n) is 7.34. The van der Waals surface area contributed by atoms with Crippen molar-refractivity contribution < 1.29 is 13.5 Å². The van der Waals surface area contributed by atoms with E-state index in [1.54, 1.807) is 6.08 Å². The summed E-state index contributed by atoms with van der Waals surface area (Å²) in [4.78, 5) is 0.401. The van der Waals surface area contributed by atoms with Gasteiger partial charge in [0.05, 0.1) is 11.0 Å². The molecule has 0 amide bonds. The van der Waals surface area contributed by atoms with Gasteiger partial charge in [0, 0.05) is 6.54 Å². The summed E-state index contributed by atoms with van der Waals surface area (Å²) in [7, 11) is -3.51. The molecule has 1 unspecified atom stereocenters. The average Bonchev–Trinajstić information content (AvgIpc) is 2.44. The number of rotatable bonds is 6. The van der Waals surface area contributed by atoms with Gasteiger partial charge < -0.3 is 5.11 Å². The molecule has 0 saturated carbocycles. The van der Waals surface area contributed by atoms with Crippen molar-refractivity contribution in [2.75, 3.05) is 6.54 Å². The average molecular weight is 309 g/mol. The smallest absolute Gasteiger partial charge is 0.236 e. The summed E-state index contributed by atoms with van der Waals surface area (Å²) >= 11 is 0. The van der Waals surface area contributed by atoms with Gasteiger partial charge in [-0.3, -0.25) is 0 Å². The van der Waals surface area contributed by atoms with E-state index in [0.717, 1.165) is 12.0 Å². The first kappa shape index (κ1) is 16.2. The number of allylic oxidation sites excluding steroid dienone is 1. The van der Waals surface area contributed by atoms with Crippen LogP contribution in [0.3, 0.4) is 0 Å². The topological polar surface area (TPSA) is 66.4 Å². The van der Waals surface area contributed by atoms with Crippen molar-refractivity contribution in [3.8, 4) is 0 Å². The Morgan fingerprint density at radius 3 is 2.67 bits per heavy atom. The molecule has 1 aliphatic carbocycles. The molecule has 0 bridgehead atoms. The second-order valence-electron chi connectivity index (χ2n) is 5.94. The number of hydrogen-bond donors (Lipinski definition) is 2. The van der Waals surface area contributed by atoms with E-state index in [-0.39, 0.29) is 6.54 Å². The monoisotopic (exact) mass is 309 g/mol. The van der Waals surface area contributed by atoms with E-state index in [1.807, 2.05) is 38.1 Å². The second kappa shape index (κ2) is 6.73. The number of aliphatic hydroxyl groups is 1. The van der Waals surface area contributed by atoms with E-state index in [9.17, 15) is 13.5 Å². The van der Waals surface area contributed by atoms with Crippen LogP contribution in [0.1, 0.15) is 37.8 Å². The summed E-state index contributed by atoms with van der Waals surface area (Å²) in [6.07, 6.45) is 2.92. The number of fused-ring (bicyclic) bond motifs is 1. The zero-order valence-corrected chi connectivity index (χ0v) is 13.4. The summed E-state index contributed by atoms with van der Waals surface area (Å²) in [6.45, 7) is 4.07.